The maximum absolute atomic E-state index is 13.9. The topological polar surface area (TPSA) is 80.3 Å². The molecule has 0 spiro atoms. The molecular weight excluding hydrogens is 484 g/mol. The maximum Gasteiger partial charge on any atom is 0.254 e. The molecule has 2 aromatic carbocycles. The molecule has 5 rings (SSSR count). The first-order valence-electron chi connectivity index (χ1n) is 12.4. The second-order valence-electron chi connectivity index (χ2n) is 9.28. The van der Waals surface area contributed by atoms with Crippen molar-refractivity contribution in [2.45, 2.75) is 18.9 Å². The Morgan fingerprint density at radius 3 is 2.30 bits per heavy atom. The Bertz CT molecular complexity index is 1190. The third-order valence-electron chi connectivity index (χ3n) is 6.76. The minimum atomic E-state index is -0.706. The van der Waals surface area contributed by atoms with Gasteiger partial charge in [-0.2, -0.15) is 0 Å². The smallest absolute Gasteiger partial charge is 0.254 e. The molecule has 10 heteroatoms. The van der Waals surface area contributed by atoms with Crippen molar-refractivity contribution in [1.82, 2.24) is 9.80 Å². The number of hydrogen-bond donors (Lipinski definition) is 1. The Morgan fingerprint density at radius 1 is 1.00 bits per heavy atom. The van der Waals surface area contributed by atoms with E-state index in [-0.39, 0.29) is 11.6 Å². The zero-order chi connectivity index (χ0) is 25.9. The molecule has 3 heterocycles. The number of fused-ring (bicyclic) bond motifs is 1. The van der Waals surface area contributed by atoms with E-state index >= 15 is 0 Å². The lowest BCUT2D eigenvalue weighted by Gasteiger charge is -2.35. The van der Waals surface area contributed by atoms with Gasteiger partial charge in [-0.25, -0.2) is 8.78 Å². The molecule has 0 aliphatic carbocycles. The zero-order valence-electron chi connectivity index (χ0n) is 20.5. The Hall–Kier alpha value is -3.50. The summed E-state index contributed by atoms with van der Waals surface area (Å²) < 4.78 is 44.9. The molecule has 0 bridgehead atoms. The van der Waals surface area contributed by atoms with Gasteiger partial charge >= 0.3 is 0 Å². The number of amides is 1. The van der Waals surface area contributed by atoms with Gasteiger partial charge in [-0.3, -0.25) is 4.79 Å². The number of nitrogens with zero attached hydrogens (tertiary/aromatic N) is 2. The highest BCUT2D eigenvalue weighted by Gasteiger charge is 2.31. The van der Waals surface area contributed by atoms with Gasteiger partial charge in [0, 0.05) is 54.6 Å². The van der Waals surface area contributed by atoms with Crippen molar-refractivity contribution >= 4 is 17.9 Å². The van der Waals surface area contributed by atoms with Crippen LogP contribution in [0.1, 0.15) is 40.4 Å². The molecule has 2 unspecified atom stereocenters. The molecule has 196 valence electrons. The van der Waals surface area contributed by atoms with E-state index in [1.807, 2.05) is 11.8 Å². The summed E-state index contributed by atoms with van der Waals surface area (Å²) in [6.07, 6.45) is 2.59. The lowest BCUT2D eigenvalue weighted by Crippen LogP contribution is -2.41. The molecular formula is C27H29F2N3O5. The Labute approximate surface area is 213 Å². The van der Waals surface area contributed by atoms with Gasteiger partial charge in [0.2, 0.25) is 0 Å². The predicted octanol–water partition coefficient (Wildman–Crippen LogP) is 3.46. The fourth-order valence-electron chi connectivity index (χ4n) is 4.85. The van der Waals surface area contributed by atoms with E-state index < -0.39 is 23.6 Å². The Morgan fingerprint density at radius 2 is 1.65 bits per heavy atom. The largest absolute Gasteiger partial charge is 0.441 e. The summed E-state index contributed by atoms with van der Waals surface area (Å²) >= 11 is 0. The number of carbonyl (C=O) groups excluding carboxylic acids is 2. The quantitative estimate of drug-likeness (QED) is 0.593. The van der Waals surface area contributed by atoms with Gasteiger partial charge in [-0.15, -0.1) is 0 Å². The zero-order valence-corrected chi connectivity index (χ0v) is 20.5. The molecule has 1 amide bonds. The first-order chi connectivity index (χ1) is 17.9. The first-order valence-corrected chi connectivity index (χ1v) is 12.4. The summed E-state index contributed by atoms with van der Waals surface area (Å²) in [7, 11) is 0. The molecule has 0 radical (unpaired) electrons. The Kier molecular flexibility index (Phi) is 7.38. The summed E-state index contributed by atoms with van der Waals surface area (Å²) in [5.41, 5.74) is 1.83. The van der Waals surface area contributed by atoms with Crippen LogP contribution in [0.2, 0.25) is 0 Å². The molecule has 2 fully saturated rings. The van der Waals surface area contributed by atoms with Crippen LogP contribution in [0.4, 0.5) is 14.5 Å². The molecule has 2 saturated heterocycles. The van der Waals surface area contributed by atoms with Crippen molar-refractivity contribution in [3.8, 4) is 5.75 Å². The number of benzene rings is 2. The number of halogens is 2. The summed E-state index contributed by atoms with van der Waals surface area (Å²) in [5, 5.41) is 3.12. The monoisotopic (exact) mass is 513 g/mol. The summed E-state index contributed by atoms with van der Waals surface area (Å²) in [5.74, 6) is -1.21. The molecule has 3 aliphatic heterocycles. The van der Waals surface area contributed by atoms with Gasteiger partial charge in [-0.1, -0.05) is 0 Å². The summed E-state index contributed by atoms with van der Waals surface area (Å²) in [6.45, 7) is 5.99. The normalized spacial score (nSPS) is 20.4. The lowest BCUT2D eigenvalue weighted by molar-refractivity contribution is -0.108. The van der Waals surface area contributed by atoms with Gasteiger partial charge in [-0.05, 0) is 37.3 Å². The molecule has 0 aromatic heterocycles. The van der Waals surface area contributed by atoms with E-state index in [0.29, 0.717) is 80.9 Å². The van der Waals surface area contributed by atoms with Crippen molar-refractivity contribution in [2.24, 2.45) is 0 Å². The van der Waals surface area contributed by atoms with Crippen molar-refractivity contribution in [2.75, 3.05) is 57.9 Å². The second kappa shape index (κ2) is 10.9. The van der Waals surface area contributed by atoms with Crippen molar-refractivity contribution < 1.29 is 32.6 Å². The highest BCUT2D eigenvalue weighted by Crippen LogP contribution is 2.41. The number of carbonyl (C=O) groups is 2. The van der Waals surface area contributed by atoms with Crippen LogP contribution in [-0.4, -0.2) is 74.6 Å². The minimum absolute atomic E-state index is 0.177. The lowest BCUT2D eigenvalue weighted by atomic mass is 9.90. The van der Waals surface area contributed by atoms with Gasteiger partial charge in [0.15, 0.2) is 5.88 Å². The Balaban J connectivity index is 1.55. The highest BCUT2D eigenvalue weighted by molar-refractivity contribution is 5.95. The second-order valence-corrected chi connectivity index (χ2v) is 9.28. The van der Waals surface area contributed by atoms with E-state index in [4.69, 9.17) is 14.2 Å². The van der Waals surface area contributed by atoms with Crippen LogP contribution >= 0.6 is 0 Å². The van der Waals surface area contributed by atoms with Crippen LogP contribution in [-0.2, 0) is 14.3 Å². The fourth-order valence-corrected chi connectivity index (χ4v) is 4.85. The maximum atomic E-state index is 13.9. The van der Waals surface area contributed by atoms with E-state index in [9.17, 15) is 18.4 Å². The number of rotatable bonds is 6. The highest BCUT2D eigenvalue weighted by atomic mass is 19.1. The third kappa shape index (κ3) is 5.45. The van der Waals surface area contributed by atoms with E-state index in [1.54, 1.807) is 23.1 Å². The predicted molar refractivity (Wildman–Crippen MR) is 131 cm³/mol. The fraction of sp³-hybridized carbons (Fsp3) is 0.407. The van der Waals surface area contributed by atoms with Crippen LogP contribution in [0, 0.1) is 11.6 Å². The number of allylic oxidation sites excluding steroid dienone is 1. The average Bonchev–Trinajstić information content (AvgIpc) is 2.91. The molecule has 8 nitrogen and oxygen atoms in total. The number of hydrogen-bond acceptors (Lipinski definition) is 7. The molecule has 2 aromatic rings. The molecule has 37 heavy (non-hydrogen) atoms. The van der Waals surface area contributed by atoms with Crippen LogP contribution in [0.3, 0.4) is 0 Å². The molecule has 1 N–H and O–H groups in total. The van der Waals surface area contributed by atoms with Crippen molar-refractivity contribution in [1.29, 1.82) is 0 Å². The number of morpholine rings is 2. The molecule has 2 atom stereocenters. The molecule has 3 aliphatic rings. The molecule has 0 saturated carbocycles. The van der Waals surface area contributed by atoms with E-state index in [0.717, 1.165) is 12.4 Å². The minimum Gasteiger partial charge on any atom is -0.441 e. The number of aldehydes is 1. The van der Waals surface area contributed by atoms with Gasteiger partial charge in [0.25, 0.3) is 5.91 Å². The SMILES string of the molecule is CC(Nc1cc(F)cc(F)c1)c1cc(C(=O)N2CCOCC2)cc2c1OC(N1CCOCC1)=CC2C=O. The van der Waals surface area contributed by atoms with Crippen LogP contribution in [0.15, 0.2) is 42.3 Å². The standard InChI is InChI=1S/C27H29F2N3O5/c1-17(30-22-14-20(28)13-21(29)15-22)23-10-18(27(34)32-4-8-36-9-5-32)11-24-19(16-33)12-25(37-26(23)24)31-2-6-35-7-3-31/h10-17,19,30H,2-9H2,1H3. The van der Waals surface area contributed by atoms with E-state index in [2.05, 4.69) is 5.32 Å². The van der Waals surface area contributed by atoms with Crippen LogP contribution < -0.4 is 10.1 Å². The van der Waals surface area contributed by atoms with Gasteiger partial charge < -0.3 is 34.1 Å². The van der Waals surface area contributed by atoms with Crippen molar-refractivity contribution in [3.05, 3.63) is 70.6 Å². The van der Waals surface area contributed by atoms with Gasteiger partial charge in [0.1, 0.15) is 23.7 Å². The summed E-state index contributed by atoms with van der Waals surface area (Å²) in [6, 6.07) is 6.12. The third-order valence-corrected chi connectivity index (χ3v) is 6.76. The number of anilines is 1. The number of ether oxygens (including phenoxy) is 3. The average molecular weight is 514 g/mol. The van der Waals surface area contributed by atoms with Crippen LogP contribution in [0.5, 0.6) is 5.75 Å². The first kappa shape index (κ1) is 25.2. The van der Waals surface area contributed by atoms with Crippen molar-refractivity contribution in [3.63, 3.8) is 0 Å². The number of nitrogens with one attached hydrogen (secondary N) is 1. The van der Waals surface area contributed by atoms with E-state index in [1.165, 1.54) is 12.1 Å². The summed E-state index contributed by atoms with van der Waals surface area (Å²) in [4.78, 5) is 29.4. The van der Waals surface area contributed by atoms with Gasteiger partial charge in [0.05, 0.1) is 38.4 Å². The van der Waals surface area contributed by atoms with Crippen LogP contribution in [0.25, 0.3) is 0 Å².